The summed E-state index contributed by atoms with van der Waals surface area (Å²) in [5, 5.41) is 8.47. The highest BCUT2D eigenvalue weighted by molar-refractivity contribution is 6.41. The summed E-state index contributed by atoms with van der Waals surface area (Å²) in [7, 11) is 0. The van der Waals surface area contributed by atoms with E-state index in [1.54, 1.807) is 0 Å². The van der Waals surface area contributed by atoms with Gasteiger partial charge in [0, 0.05) is 6.08 Å². The van der Waals surface area contributed by atoms with E-state index in [-0.39, 0.29) is 5.71 Å². The van der Waals surface area contributed by atoms with Crippen LogP contribution in [0.3, 0.4) is 0 Å². The molecule has 11 heavy (non-hydrogen) atoms. The first-order chi connectivity index (χ1) is 5.24. The molecule has 1 aliphatic rings. The molecule has 4 nitrogen and oxygen atoms in total. The second-order valence-corrected chi connectivity index (χ2v) is 2.05. The zero-order valence-electron chi connectivity index (χ0n) is 6.20. The van der Waals surface area contributed by atoms with Gasteiger partial charge < -0.3 is 9.84 Å². The maximum atomic E-state index is 10.3. The second-order valence-electron chi connectivity index (χ2n) is 2.05. The number of carbonyl (C=O) groups is 1. The van der Waals surface area contributed by atoms with E-state index in [1.165, 1.54) is 6.08 Å². The van der Waals surface area contributed by atoms with Crippen LogP contribution < -0.4 is 0 Å². The van der Waals surface area contributed by atoms with Crippen LogP contribution in [0.25, 0.3) is 0 Å². The Hall–Kier alpha value is -1.32. The summed E-state index contributed by atoms with van der Waals surface area (Å²) in [5.74, 6) is -0.371. The van der Waals surface area contributed by atoms with E-state index in [0.29, 0.717) is 18.9 Å². The Labute approximate surface area is 64.2 Å². The molecular weight excluding hydrogens is 146 g/mol. The van der Waals surface area contributed by atoms with Gasteiger partial charge in [0.15, 0.2) is 0 Å². The van der Waals surface area contributed by atoms with E-state index in [1.807, 2.05) is 6.92 Å². The van der Waals surface area contributed by atoms with Gasteiger partial charge in [0.25, 0.3) is 0 Å². The van der Waals surface area contributed by atoms with Crippen molar-refractivity contribution in [1.82, 2.24) is 0 Å². The zero-order valence-corrected chi connectivity index (χ0v) is 6.20. The van der Waals surface area contributed by atoms with Gasteiger partial charge in [0.1, 0.15) is 11.5 Å². The zero-order chi connectivity index (χ0) is 8.27. The molecular formula is C7H9NO3. The van der Waals surface area contributed by atoms with Gasteiger partial charge in [-0.05, 0) is 6.92 Å². The standard InChI is InChI=1S/C7H9NO3/c1-2-11-5-3-6(7(9)10)8-4-5/h3H,2,4H2,1H3,(H,9,10). The molecule has 0 amide bonds. The quantitative estimate of drug-likeness (QED) is 0.643. The van der Waals surface area contributed by atoms with Crippen LogP contribution >= 0.6 is 0 Å². The number of ether oxygens (including phenoxy) is 1. The average molecular weight is 155 g/mol. The fourth-order valence-electron chi connectivity index (χ4n) is 0.809. The third-order valence-electron chi connectivity index (χ3n) is 1.25. The Morgan fingerprint density at radius 1 is 1.91 bits per heavy atom. The number of carboxylic acids is 1. The molecule has 60 valence electrons. The second kappa shape index (κ2) is 3.18. The SMILES string of the molecule is CCOC1=CC(C(=O)O)=NC1. The van der Waals surface area contributed by atoms with Crippen molar-refractivity contribution in [1.29, 1.82) is 0 Å². The first kappa shape index (κ1) is 7.78. The van der Waals surface area contributed by atoms with Crippen molar-refractivity contribution in [3.05, 3.63) is 11.8 Å². The number of rotatable bonds is 3. The summed E-state index contributed by atoms with van der Waals surface area (Å²) in [6, 6.07) is 0. The number of hydrogen-bond donors (Lipinski definition) is 1. The third kappa shape index (κ3) is 1.80. The van der Waals surface area contributed by atoms with Crippen molar-refractivity contribution in [2.75, 3.05) is 13.2 Å². The largest absolute Gasteiger partial charge is 0.496 e. The molecule has 0 spiro atoms. The lowest BCUT2D eigenvalue weighted by Crippen LogP contribution is -2.07. The lowest BCUT2D eigenvalue weighted by molar-refractivity contribution is -0.129. The van der Waals surface area contributed by atoms with Crippen molar-refractivity contribution >= 4 is 11.7 Å². The molecule has 0 aliphatic carbocycles. The summed E-state index contributed by atoms with van der Waals surface area (Å²) in [5.41, 5.74) is 0.0773. The minimum Gasteiger partial charge on any atom is -0.496 e. The number of carboxylic acid groups (broad SMARTS) is 1. The molecule has 0 aromatic heterocycles. The van der Waals surface area contributed by atoms with E-state index in [9.17, 15) is 4.79 Å². The van der Waals surface area contributed by atoms with Crippen LogP contribution in [-0.4, -0.2) is 29.9 Å². The van der Waals surface area contributed by atoms with Gasteiger partial charge in [-0.1, -0.05) is 0 Å². The molecule has 0 bridgehead atoms. The van der Waals surface area contributed by atoms with Gasteiger partial charge in [0.2, 0.25) is 0 Å². The molecule has 0 aromatic rings. The Kier molecular flexibility index (Phi) is 2.25. The lowest BCUT2D eigenvalue weighted by atomic mass is 10.3. The van der Waals surface area contributed by atoms with Gasteiger partial charge in [-0.15, -0.1) is 0 Å². The number of nitrogens with zero attached hydrogens (tertiary/aromatic N) is 1. The van der Waals surface area contributed by atoms with Crippen LogP contribution in [0, 0.1) is 0 Å². The van der Waals surface area contributed by atoms with E-state index < -0.39 is 5.97 Å². The monoisotopic (exact) mass is 155 g/mol. The lowest BCUT2D eigenvalue weighted by Gasteiger charge is -1.99. The Morgan fingerprint density at radius 2 is 2.64 bits per heavy atom. The minimum absolute atomic E-state index is 0.0773. The molecule has 0 radical (unpaired) electrons. The molecule has 4 heteroatoms. The predicted molar refractivity (Wildman–Crippen MR) is 39.6 cm³/mol. The predicted octanol–water partition coefficient (Wildman–Crippen LogP) is 0.446. The fourth-order valence-corrected chi connectivity index (χ4v) is 0.809. The van der Waals surface area contributed by atoms with E-state index >= 15 is 0 Å². The van der Waals surface area contributed by atoms with E-state index in [4.69, 9.17) is 9.84 Å². The highest BCUT2D eigenvalue weighted by Gasteiger charge is 2.14. The molecule has 1 aliphatic heterocycles. The molecule has 0 unspecified atom stereocenters. The molecule has 0 aromatic carbocycles. The summed E-state index contributed by atoms with van der Waals surface area (Å²) in [6.07, 6.45) is 1.45. The first-order valence-electron chi connectivity index (χ1n) is 3.35. The van der Waals surface area contributed by atoms with Crippen LogP contribution in [0.4, 0.5) is 0 Å². The Morgan fingerprint density at radius 3 is 3.09 bits per heavy atom. The molecule has 1 N–H and O–H groups in total. The van der Waals surface area contributed by atoms with Crippen LogP contribution in [0.2, 0.25) is 0 Å². The normalized spacial score (nSPS) is 15.7. The van der Waals surface area contributed by atoms with Crippen molar-refractivity contribution in [2.24, 2.45) is 4.99 Å². The van der Waals surface area contributed by atoms with Crippen LogP contribution in [-0.2, 0) is 9.53 Å². The van der Waals surface area contributed by atoms with E-state index in [2.05, 4.69) is 4.99 Å². The summed E-state index contributed by atoms with van der Waals surface area (Å²) >= 11 is 0. The van der Waals surface area contributed by atoms with Crippen LogP contribution in [0.15, 0.2) is 16.8 Å². The third-order valence-corrected chi connectivity index (χ3v) is 1.25. The van der Waals surface area contributed by atoms with Crippen LogP contribution in [0.5, 0.6) is 0 Å². The number of hydrogen-bond acceptors (Lipinski definition) is 3. The van der Waals surface area contributed by atoms with Gasteiger partial charge in [-0.3, -0.25) is 4.99 Å². The number of aliphatic imine (C=N–C) groups is 1. The van der Waals surface area contributed by atoms with Gasteiger partial charge in [0.05, 0.1) is 13.2 Å². The van der Waals surface area contributed by atoms with E-state index in [0.717, 1.165) is 0 Å². The fraction of sp³-hybridized carbons (Fsp3) is 0.429. The number of aliphatic carboxylic acids is 1. The maximum absolute atomic E-state index is 10.3. The topological polar surface area (TPSA) is 58.9 Å². The summed E-state index contributed by atoms with van der Waals surface area (Å²) < 4.78 is 5.07. The maximum Gasteiger partial charge on any atom is 0.354 e. The molecule has 0 saturated heterocycles. The van der Waals surface area contributed by atoms with Crippen molar-refractivity contribution in [2.45, 2.75) is 6.92 Å². The minimum atomic E-state index is -1.00. The average Bonchev–Trinajstić information content (AvgIpc) is 2.37. The highest BCUT2D eigenvalue weighted by atomic mass is 16.5. The van der Waals surface area contributed by atoms with Crippen molar-refractivity contribution in [3.63, 3.8) is 0 Å². The van der Waals surface area contributed by atoms with Gasteiger partial charge in [-0.25, -0.2) is 4.79 Å². The highest BCUT2D eigenvalue weighted by Crippen LogP contribution is 2.06. The van der Waals surface area contributed by atoms with Gasteiger partial charge in [-0.2, -0.15) is 0 Å². The molecule has 0 atom stereocenters. The molecule has 0 saturated carbocycles. The molecule has 1 rings (SSSR count). The smallest absolute Gasteiger partial charge is 0.354 e. The van der Waals surface area contributed by atoms with Crippen LogP contribution in [0.1, 0.15) is 6.92 Å². The van der Waals surface area contributed by atoms with Gasteiger partial charge >= 0.3 is 5.97 Å². The summed E-state index contributed by atoms with van der Waals surface area (Å²) in [6.45, 7) is 2.75. The molecule has 1 heterocycles. The first-order valence-corrected chi connectivity index (χ1v) is 3.35. The Balaban J connectivity index is 2.56. The summed E-state index contributed by atoms with van der Waals surface area (Å²) in [4.78, 5) is 14.1. The van der Waals surface area contributed by atoms with Crippen molar-refractivity contribution < 1.29 is 14.6 Å². The Bertz CT molecular complexity index is 230. The van der Waals surface area contributed by atoms with Crippen molar-refractivity contribution in [3.8, 4) is 0 Å². The molecule has 0 fully saturated rings.